The minimum absolute atomic E-state index is 0.120. The number of amides is 1. The number of hydrogen-bond acceptors (Lipinski definition) is 2. The van der Waals surface area contributed by atoms with E-state index in [-0.39, 0.29) is 5.91 Å². The maximum Gasteiger partial charge on any atom is 0.227 e. The Hall–Kier alpha value is -0.770. The van der Waals surface area contributed by atoms with Crippen LogP contribution in [0.1, 0.15) is 25.3 Å². The Labute approximate surface area is 136 Å². The van der Waals surface area contributed by atoms with Crippen molar-refractivity contribution in [2.75, 3.05) is 26.7 Å². The van der Waals surface area contributed by atoms with E-state index in [0.717, 1.165) is 38.0 Å². The summed E-state index contributed by atoms with van der Waals surface area (Å²) in [6, 6.07) is 5.63. The second kappa shape index (κ2) is 7.48. The molecule has 21 heavy (non-hydrogen) atoms. The molecule has 1 amide bonds. The number of benzene rings is 1. The molecule has 2 rings (SSSR count). The van der Waals surface area contributed by atoms with Crippen LogP contribution < -0.4 is 0 Å². The number of likely N-dealkylation sites (N-methyl/N-ethyl adjacent to an activating group) is 1. The fraction of sp³-hybridized carbons (Fsp3) is 0.562. The average molecular weight is 329 g/mol. The smallest absolute Gasteiger partial charge is 0.227 e. The molecule has 1 aromatic rings. The first-order valence-electron chi connectivity index (χ1n) is 7.43. The molecule has 1 aliphatic heterocycles. The number of nitrogens with zero attached hydrogens (tertiary/aromatic N) is 2. The summed E-state index contributed by atoms with van der Waals surface area (Å²) in [5.41, 5.74) is 0.837. The molecule has 0 saturated carbocycles. The molecule has 116 valence electrons. The summed E-state index contributed by atoms with van der Waals surface area (Å²) in [6.45, 7) is 5.41. The molecule has 5 heteroatoms. The Balaban J connectivity index is 1.93. The van der Waals surface area contributed by atoms with E-state index in [4.69, 9.17) is 23.2 Å². The fourth-order valence-corrected chi connectivity index (χ4v) is 3.25. The van der Waals surface area contributed by atoms with Gasteiger partial charge in [-0.25, -0.2) is 0 Å². The molecule has 0 bridgehead atoms. The lowest BCUT2D eigenvalue weighted by molar-refractivity contribution is -0.132. The van der Waals surface area contributed by atoms with Crippen LogP contribution in [0.15, 0.2) is 18.2 Å². The number of carbonyl (C=O) groups excluding carboxylic acids is 1. The summed E-state index contributed by atoms with van der Waals surface area (Å²) in [7, 11) is 1.90. The molecule has 0 spiro atoms. The van der Waals surface area contributed by atoms with Gasteiger partial charge in [0.05, 0.1) is 6.42 Å². The number of halogens is 2. The van der Waals surface area contributed by atoms with Crippen molar-refractivity contribution in [1.82, 2.24) is 9.80 Å². The highest BCUT2D eigenvalue weighted by atomic mass is 35.5. The topological polar surface area (TPSA) is 23.6 Å². The summed E-state index contributed by atoms with van der Waals surface area (Å²) < 4.78 is 0. The van der Waals surface area contributed by atoms with Gasteiger partial charge in [-0.1, -0.05) is 36.2 Å². The van der Waals surface area contributed by atoms with Gasteiger partial charge in [-0.2, -0.15) is 0 Å². The van der Waals surface area contributed by atoms with Gasteiger partial charge in [-0.3, -0.25) is 4.79 Å². The maximum atomic E-state index is 12.4. The molecule has 1 aromatic carbocycles. The Morgan fingerprint density at radius 3 is 2.57 bits per heavy atom. The van der Waals surface area contributed by atoms with Crippen molar-refractivity contribution in [2.24, 2.45) is 0 Å². The van der Waals surface area contributed by atoms with Crippen molar-refractivity contribution >= 4 is 29.1 Å². The Morgan fingerprint density at radius 1 is 1.33 bits per heavy atom. The fourth-order valence-electron chi connectivity index (χ4n) is 2.78. The molecule has 0 aromatic heterocycles. The van der Waals surface area contributed by atoms with Crippen LogP contribution in [0.4, 0.5) is 0 Å². The van der Waals surface area contributed by atoms with Crippen LogP contribution in [0.2, 0.25) is 10.0 Å². The molecule has 1 fully saturated rings. The first kappa shape index (κ1) is 16.6. The summed E-state index contributed by atoms with van der Waals surface area (Å²) in [6.07, 6.45) is 2.43. The van der Waals surface area contributed by atoms with Crippen LogP contribution in [-0.2, 0) is 11.2 Å². The van der Waals surface area contributed by atoms with Crippen molar-refractivity contribution in [3.8, 4) is 0 Å². The van der Waals surface area contributed by atoms with Gasteiger partial charge in [0.2, 0.25) is 5.91 Å². The quantitative estimate of drug-likeness (QED) is 0.844. The zero-order valence-electron chi connectivity index (χ0n) is 12.6. The Bertz CT molecular complexity index is 499. The Morgan fingerprint density at radius 2 is 2.00 bits per heavy atom. The van der Waals surface area contributed by atoms with E-state index in [1.165, 1.54) is 0 Å². The summed E-state index contributed by atoms with van der Waals surface area (Å²) in [4.78, 5) is 16.7. The lowest BCUT2D eigenvalue weighted by atomic mass is 10.0. The first-order valence-corrected chi connectivity index (χ1v) is 8.18. The van der Waals surface area contributed by atoms with E-state index >= 15 is 0 Å². The number of hydrogen-bond donors (Lipinski definition) is 0. The minimum Gasteiger partial charge on any atom is -0.342 e. The highest BCUT2D eigenvalue weighted by Crippen LogP contribution is 2.23. The highest BCUT2D eigenvalue weighted by molar-refractivity contribution is 6.35. The van der Waals surface area contributed by atoms with Gasteiger partial charge in [-0.15, -0.1) is 0 Å². The van der Waals surface area contributed by atoms with Crippen LogP contribution >= 0.6 is 23.2 Å². The number of piperidine rings is 1. The monoisotopic (exact) mass is 328 g/mol. The van der Waals surface area contributed by atoms with Crippen molar-refractivity contribution in [1.29, 1.82) is 0 Å². The highest BCUT2D eigenvalue weighted by Gasteiger charge is 2.24. The van der Waals surface area contributed by atoms with Crippen molar-refractivity contribution in [3.63, 3.8) is 0 Å². The maximum absolute atomic E-state index is 12.4. The lowest BCUT2D eigenvalue weighted by Gasteiger charge is -2.36. The third kappa shape index (κ3) is 4.35. The van der Waals surface area contributed by atoms with Gasteiger partial charge in [0.15, 0.2) is 0 Å². The van der Waals surface area contributed by atoms with E-state index in [1.54, 1.807) is 12.1 Å². The molecular weight excluding hydrogens is 307 g/mol. The van der Waals surface area contributed by atoms with Gasteiger partial charge in [0, 0.05) is 36.2 Å². The van der Waals surface area contributed by atoms with Gasteiger partial charge >= 0.3 is 0 Å². The zero-order chi connectivity index (χ0) is 15.4. The summed E-state index contributed by atoms with van der Waals surface area (Å²) in [5.74, 6) is 0.120. The van der Waals surface area contributed by atoms with E-state index in [1.807, 2.05) is 18.0 Å². The molecule has 0 aliphatic carbocycles. The zero-order valence-corrected chi connectivity index (χ0v) is 14.1. The van der Waals surface area contributed by atoms with E-state index in [0.29, 0.717) is 22.5 Å². The average Bonchev–Trinajstić information content (AvgIpc) is 2.49. The van der Waals surface area contributed by atoms with Crippen molar-refractivity contribution in [3.05, 3.63) is 33.8 Å². The molecule has 0 unspecified atom stereocenters. The second-order valence-electron chi connectivity index (χ2n) is 5.58. The lowest BCUT2D eigenvalue weighted by Crippen LogP contribution is -2.45. The van der Waals surface area contributed by atoms with Crippen LogP contribution in [-0.4, -0.2) is 48.4 Å². The third-order valence-corrected chi connectivity index (χ3v) is 4.89. The molecule has 3 nitrogen and oxygen atoms in total. The van der Waals surface area contributed by atoms with Crippen LogP contribution in [0.5, 0.6) is 0 Å². The van der Waals surface area contributed by atoms with Gasteiger partial charge in [0.1, 0.15) is 0 Å². The largest absolute Gasteiger partial charge is 0.342 e. The predicted molar refractivity (Wildman–Crippen MR) is 88.1 cm³/mol. The molecular formula is C16H22Cl2N2O. The number of rotatable bonds is 4. The molecule has 1 heterocycles. The van der Waals surface area contributed by atoms with Gasteiger partial charge < -0.3 is 9.80 Å². The van der Waals surface area contributed by atoms with Crippen LogP contribution in [0, 0.1) is 0 Å². The SMILES string of the molecule is CCN1CCC(N(C)C(=O)Cc2ccc(Cl)cc2Cl)CC1. The molecule has 0 radical (unpaired) electrons. The van der Waals surface area contributed by atoms with E-state index < -0.39 is 0 Å². The third-order valence-electron chi connectivity index (χ3n) is 4.30. The molecule has 0 atom stereocenters. The minimum atomic E-state index is 0.120. The summed E-state index contributed by atoms with van der Waals surface area (Å²) in [5, 5.41) is 1.15. The van der Waals surface area contributed by atoms with Crippen LogP contribution in [0.3, 0.4) is 0 Å². The molecule has 1 saturated heterocycles. The van der Waals surface area contributed by atoms with E-state index in [9.17, 15) is 4.79 Å². The first-order chi connectivity index (χ1) is 10.0. The standard InChI is InChI=1S/C16H22Cl2N2O/c1-3-20-8-6-14(7-9-20)19(2)16(21)10-12-4-5-13(17)11-15(12)18/h4-5,11,14H,3,6-10H2,1-2H3. The van der Waals surface area contributed by atoms with E-state index in [2.05, 4.69) is 11.8 Å². The Kier molecular flexibility index (Phi) is 5.91. The number of likely N-dealkylation sites (tertiary alicyclic amines) is 1. The van der Waals surface area contributed by atoms with Crippen molar-refractivity contribution < 1.29 is 4.79 Å². The van der Waals surface area contributed by atoms with Gasteiger partial charge in [-0.05, 0) is 37.1 Å². The predicted octanol–water partition coefficient (Wildman–Crippen LogP) is 3.48. The van der Waals surface area contributed by atoms with Crippen LogP contribution in [0.25, 0.3) is 0 Å². The molecule has 0 N–H and O–H groups in total. The van der Waals surface area contributed by atoms with Gasteiger partial charge in [0.25, 0.3) is 0 Å². The molecule has 1 aliphatic rings. The summed E-state index contributed by atoms with van der Waals surface area (Å²) >= 11 is 12.0. The number of carbonyl (C=O) groups is 1. The normalized spacial score (nSPS) is 17.0. The second-order valence-corrected chi connectivity index (χ2v) is 6.43. The van der Waals surface area contributed by atoms with Crippen molar-refractivity contribution in [2.45, 2.75) is 32.2 Å².